The summed E-state index contributed by atoms with van der Waals surface area (Å²) >= 11 is 10.3. The van der Waals surface area contributed by atoms with E-state index < -0.39 is 81.4 Å². The van der Waals surface area contributed by atoms with Crippen LogP contribution in [0.5, 0.6) is 0 Å². The van der Waals surface area contributed by atoms with Crippen LogP contribution in [0.25, 0.3) is 22.3 Å². The predicted molar refractivity (Wildman–Crippen MR) is 152 cm³/mol. The van der Waals surface area contributed by atoms with Crippen LogP contribution in [0.3, 0.4) is 0 Å². The standard InChI is InChI=1S/C19H21F2N11O9P2S2/c20-7-5-1-36-42(34,44)40-11-6(39-17(8(11)21)32-14-9(29-30-32)13(22)24-3-25-14)2-37-43(35,45)41-12(7)18(38-5)31-4-26-10-15(31)27-19(23)28-16(10)33/h3-8,11-12,17-18H,1-2H2,(H,34,44)(H,35,45)(H2,22,24,25)(H3,23,27,28,33)/t5-,6-,7-,8+,11?,12-,17-,18-,42?,43?/m1/s1. The molecule has 10 atom stereocenters. The van der Waals surface area contributed by atoms with Crippen molar-refractivity contribution >= 4 is 71.1 Å². The minimum Gasteiger partial charge on any atom is -0.382 e. The summed E-state index contributed by atoms with van der Waals surface area (Å²) in [5, 5.41) is 7.72. The van der Waals surface area contributed by atoms with E-state index in [2.05, 4.69) is 35.2 Å². The van der Waals surface area contributed by atoms with Crippen LogP contribution < -0.4 is 17.0 Å². The topological polar surface area (TPSA) is 268 Å². The van der Waals surface area contributed by atoms with Crippen LogP contribution in [0.4, 0.5) is 20.5 Å². The molecular formula is C19H21F2N11O9P2S2. The lowest BCUT2D eigenvalue weighted by Crippen LogP contribution is -2.34. The van der Waals surface area contributed by atoms with Gasteiger partial charge in [-0.2, -0.15) is 9.67 Å². The maximum atomic E-state index is 16.0. The van der Waals surface area contributed by atoms with Crippen molar-refractivity contribution in [3.05, 3.63) is 23.0 Å². The second kappa shape index (κ2) is 11.2. The lowest BCUT2D eigenvalue weighted by Gasteiger charge is -2.27. The molecule has 4 aromatic heterocycles. The molecule has 0 aliphatic carbocycles. The van der Waals surface area contributed by atoms with Crippen LogP contribution >= 0.6 is 13.4 Å². The number of nitrogens with two attached hydrogens (primary N) is 2. The second-order valence-electron chi connectivity index (χ2n) is 9.93. The molecule has 7 heterocycles. The molecule has 26 heteroatoms. The molecule has 7 rings (SSSR count). The maximum Gasteiger partial charge on any atom is 0.325 e. The molecule has 3 saturated heterocycles. The third-order valence-corrected chi connectivity index (χ3v) is 10.2. The first-order valence-electron chi connectivity index (χ1n) is 12.8. The number of alkyl halides is 2. The molecule has 3 fully saturated rings. The van der Waals surface area contributed by atoms with Gasteiger partial charge in [-0.25, -0.2) is 23.7 Å². The number of rotatable bonds is 2. The summed E-state index contributed by atoms with van der Waals surface area (Å²) in [5.41, 5.74) is 10.7. The Morgan fingerprint density at radius 2 is 1.62 bits per heavy atom. The lowest BCUT2D eigenvalue weighted by atomic mass is 10.1. The van der Waals surface area contributed by atoms with Gasteiger partial charge >= 0.3 is 13.4 Å². The molecule has 242 valence electrons. The molecule has 0 radical (unpaired) electrons. The van der Waals surface area contributed by atoms with Crippen molar-refractivity contribution in [3.8, 4) is 0 Å². The summed E-state index contributed by atoms with van der Waals surface area (Å²) in [5.74, 6) is -0.280. The van der Waals surface area contributed by atoms with Crippen LogP contribution in [-0.4, -0.2) is 104 Å². The van der Waals surface area contributed by atoms with E-state index in [9.17, 15) is 14.6 Å². The van der Waals surface area contributed by atoms with Gasteiger partial charge in [-0.1, -0.05) is 5.21 Å². The maximum absolute atomic E-state index is 16.0. The molecule has 3 unspecified atom stereocenters. The number of ether oxygens (including phenoxy) is 2. The molecule has 0 spiro atoms. The number of hydrogen-bond donors (Lipinski definition) is 5. The number of nitrogens with zero attached hydrogens (tertiary/aromatic N) is 8. The van der Waals surface area contributed by atoms with Gasteiger partial charge in [0.15, 0.2) is 52.9 Å². The summed E-state index contributed by atoms with van der Waals surface area (Å²) in [6.45, 7) is -10.1. The molecule has 4 aromatic rings. The number of H-pyrrole nitrogens is 1. The monoisotopic (exact) mass is 711 g/mol. The Labute approximate surface area is 258 Å². The number of fused-ring (bicyclic) bond motifs is 5. The van der Waals surface area contributed by atoms with Gasteiger partial charge in [0.1, 0.15) is 30.7 Å². The third-order valence-electron chi connectivity index (χ3n) is 7.10. The van der Waals surface area contributed by atoms with Gasteiger partial charge < -0.3 is 39.8 Å². The van der Waals surface area contributed by atoms with Crippen molar-refractivity contribution in [2.45, 2.75) is 49.2 Å². The molecule has 20 nitrogen and oxygen atoms in total. The van der Waals surface area contributed by atoms with Crippen molar-refractivity contribution in [2.75, 3.05) is 24.7 Å². The number of nitrogens with one attached hydrogen (secondary N) is 1. The van der Waals surface area contributed by atoms with Crippen molar-refractivity contribution in [1.82, 2.24) is 44.5 Å². The average molecular weight is 712 g/mol. The normalized spacial score (nSPS) is 37.7. The van der Waals surface area contributed by atoms with Gasteiger partial charge in [-0.15, -0.1) is 5.10 Å². The molecule has 0 amide bonds. The highest BCUT2D eigenvalue weighted by Crippen LogP contribution is 2.54. The fraction of sp³-hybridized carbons (Fsp3) is 0.526. The molecule has 0 aromatic carbocycles. The van der Waals surface area contributed by atoms with Crippen LogP contribution in [0, 0.1) is 0 Å². The highest BCUT2D eigenvalue weighted by atomic mass is 32.5. The van der Waals surface area contributed by atoms with Crippen LogP contribution in [0.15, 0.2) is 17.4 Å². The molecular weight excluding hydrogens is 690 g/mol. The second-order valence-corrected chi connectivity index (χ2v) is 15.5. The minimum absolute atomic E-state index is 0.0183. The highest BCUT2D eigenvalue weighted by molar-refractivity contribution is 8.07. The minimum atomic E-state index is -4.36. The predicted octanol–water partition coefficient (Wildman–Crippen LogP) is -0.759. The SMILES string of the molecule is Nc1nc2c(ncn2[C@@H]2O[C@@H]3COP(O)(=S)OC4[C@@H](COP(O)(=S)O[C@@H]2[C@@H]3F)O[C@@H](n2nnc3c(N)ncnc32)[C@H]4F)c(=O)[nH]1. The quantitative estimate of drug-likeness (QED) is 0.160. The van der Waals surface area contributed by atoms with Crippen LogP contribution in [-0.2, 0) is 51.2 Å². The number of nitrogen functional groups attached to an aromatic ring is 2. The zero-order valence-electron chi connectivity index (χ0n) is 22.1. The Morgan fingerprint density at radius 1 is 0.933 bits per heavy atom. The van der Waals surface area contributed by atoms with Crippen molar-refractivity contribution in [3.63, 3.8) is 0 Å². The molecule has 7 N–H and O–H groups in total. The Balaban J connectivity index is 1.21. The van der Waals surface area contributed by atoms with E-state index in [0.717, 1.165) is 21.9 Å². The number of imidazole rings is 1. The van der Waals surface area contributed by atoms with Gasteiger partial charge in [0, 0.05) is 0 Å². The first-order chi connectivity index (χ1) is 21.3. The molecule has 3 aliphatic heterocycles. The zero-order chi connectivity index (χ0) is 31.8. The zero-order valence-corrected chi connectivity index (χ0v) is 25.6. The Morgan fingerprint density at radius 3 is 2.38 bits per heavy atom. The summed E-state index contributed by atoms with van der Waals surface area (Å²) < 4.78 is 67.4. The summed E-state index contributed by atoms with van der Waals surface area (Å²) in [6.07, 6.45) is -11.2. The van der Waals surface area contributed by atoms with Gasteiger partial charge in [0.05, 0.1) is 19.5 Å². The third kappa shape index (κ3) is 5.53. The van der Waals surface area contributed by atoms with Gasteiger partial charge in [0.25, 0.3) is 5.56 Å². The largest absolute Gasteiger partial charge is 0.382 e. The van der Waals surface area contributed by atoms with Crippen LogP contribution in [0.1, 0.15) is 12.5 Å². The molecule has 2 bridgehead atoms. The van der Waals surface area contributed by atoms with Crippen molar-refractivity contribution in [1.29, 1.82) is 0 Å². The fourth-order valence-electron chi connectivity index (χ4n) is 5.10. The Hall–Kier alpha value is -2.73. The lowest BCUT2D eigenvalue weighted by molar-refractivity contribution is -0.0617. The van der Waals surface area contributed by atoms with E-state index in [-0.39, 0.29) is 34.1 Å². The summed E-state index contributed by atoms with van der Waals surface area (Å²) in [7, 11) is 0. The number of aromatic amines is 1. The van der Waals surface area contributed by atoms with E-state index in [4.69, 9.17) is 62.6 Å². The summed E-state index contributed by atoms with van der Waals surface area (Å²) in [4.78, 5) is 52.3. The number of halogens is 2. The molecule has 45 heavy (non-hydrogen) atoms. The van der Waals surface area contributed by atoms with Crippen molar-refractivity contribution in [2.24, 2.45) is 0 Å². The average Bonchev–Trinajstić information content (AvgIpc) is 3.72. The Bertz CT molecular complexity index is 1950. The van der Waals surface area contributed by atoms with E-state index in [1.54, 1.807) is 0 Å². The molecule has 3 aliphatic rings. The molecule has 0 saturated carbocycles. The first kappa shape index (κ1) is 30.9. The number of anilines is 2. The van der Waals surface area contributed by atoms with E-state index >= 15 is 8.78 Å². The summed E-state index contributed by atoms with van der Waals surface area (Å²) in [6, 6.07) is 0. The van der Waals surface area contributed by atoms with Crippen LogP contribution in [0.2, 0.25) is 0 Å². The highest BCUT2D eigenvalue weighted by Gasteiger charge is 2.54. The van der Waals surface area contributed by atoms with E-state index in [1.807, 2.05) is 0 Å². The smallest absolute Gasteiger partial charge is 0.325 e. The van der Waals surface area contributed by atoms with Crippen molar-refractivity contribution < 1.29 is 46.1 Å². The fourth-order valence-corrected chi connectivity index (χ4v) is 7.94. The Kier molecular flexibility index (Phi) is 7.70. The number of aromatic nitrogens is 9. The number of hydrogen-bond acceptors (Lipinski definition) is 17. The van der Waals surface area contributed by atoms with E-state index in [0.29, 0.717) is 0 Å². The van der Waals surface area contributed by atoms with E-state index in [1.165, 1.54) is 0 Å². The van der Waals surface area contributed by atoms with Gasteiger partial charge in [0.2, 0.25) is 5.95 Å². The first-order valence-corrected chi connectivity index (χ1v) is 17.9. The van der Waals surface area contributed by atoms with Gasteiger partial charge in [-0.05, 0) is 23.6 Å². The van der Waals surface area contributed by atoms with Gasteiger partial charge in [-0.3, -0.25) is 23.4 Å².